The molecule has 0 spiro atoms. The normalized spacial score (nSPS) is 12.5. The van der Waals surface area contributed by atoms with Gasteiger partial charge in [0.25, 0.3) is 5.91 Å². The molecular weight excluding hydrogens is 316 g/mol. The first-order valence-corrected chi connectivity index (χ1v) is 8.44. The highest BCUT2D eigenvalue weighted by Gasteiger charge is 2.19. The molecule has 0 fully saturated rings. The summed E-state index contributed by atoms with van der Waals surface area (Å²) < 4.78 is 28.0. The van der Waals surface area contributed by atoms with E-state index in [1.54, 1.807) is 0 Å². The van der Waals surface area contributed by atoms with E-state index in [1.165, 1.54) is 25.3 Å². The second-order valence-corrected chi connectivity index (χ2v) is 6.57. The summed E-state index contributed by atoms with van der Waals surface area (Å²) in [4.78, 5) is 12.3. The van der Waals surface area contributed by atoms with Gasteiger partial charge in [0.1, 0.15) is 5.75 Å². The fourth-order valence-corrected chi connectivity index (χ4v) is 2.68. The molecule has 0 saturated carbocycles. The molecule has 2 rings (SSSR count). The third-order valence-electron chi connectivity index (χ3n) is 3.39. The molecule has 1 unspecified atom stereocenters. The summed E-state index contributed by atoms with van der Waals surface area (Å²) in [6, 6.07) is 13.1. The molecule has 0 saturated heterocycles. The maximum Gasteiger partial charge on any atom is 0.255 e. The standard InChI is InChI=1S/C16H18N2O4S/c1-11(12-6-4-3-5-7-12)18-16(19)14-10-13(23(17,20)21)8-9-15(14)22-2/h3-11H,1-2H3,(H,18,19)(H2,17,20,21). The van der Waals surface area contributed by atoms with Gasteiger partial charge >= 0.3 is 0 Å². The van der Waals surface area contributed by atoms with Gasteiger partial charge in [0.2, 0.25) is 10.0 Å². The van der Waals surface area contributed by atoms with E-state index in [1.807, 2.05) is 37.3 Å². The lowest BCUT2D eigenvalue weighted by Gasteiger charge is -2.16. The summed E-state index contributed by atoms with van der Waals surface area (Å²) in [5.74, 6) is -0.168. The van der Waals surface area contributed by atoms with E-state index >= 15 is 0 Å². The van der Waals surface area contributed by atoms with Crippen LogP contribution in [-0.2, 0) is 10.0 Å². The van der Waals surface area contributed by atoms with Crippen LogP contribution in [-0.4, -0.2) is 21.4 Å². The van der Waals surface area contributed by atoms with Gasteiger partial charge in [-0.15, -0.1) is 0 Å². The number of carbonyl (C=O) groups excluding carboxylic acids is 1. The number of benzene rings is 2. The lowest BCUT2D eigenvalue weighted by molar-refractivity contribution is 0.0936. The van der Waals surface area contributed by atoms with Crippen molar-refractivity contribution in [3.8, 4) is 5.75 Å². The van der Waals surface area contributed by atoms with Crippen LogP contribution < -0.4 is 15.2 Å². The molecule has 0 radical (unpaired) electrons. The zero-order valence-corrected chi connectivity index (χ0v) is 13.6. The number of hydrogen-bond donors (Lipinski definition) is 2. The Labute approximate surface area is 135 Å². The molecule has 0 bridgehead atoms. The van der Waals surface area contributed by atoms with E-state index in [0.717, 1.165) is 5.56 Å². The number of carbonyl (C=O) groups is 1. The topological polar surface area (TPSA) is 98.5 Å². The number of sulfonamides is 1. The average molecular weight is 334 g/mol. The number of nitrogens with one attached hydrogen (secondary N) is 1. The quantitative estimate of drug-likeness (QED) is 0.871. The Hall–Kier alpha value is -2.38. The van der Waals surface area contributed by atoms with E-state index in [2.05, 4.69) is 5.32 Å². The van der Waals surface area contributed by atoms with Crippen LogP contribution in [0.1, 0.15) is 28.9 Å². The SMILES string of the molecule is COc1ccc(S(N)(=O)=O)cc1C(=O)NC(C)c1ccccc1. The monoisotopic (exact) mass is 334 g/mol. The largest absolute Gasteiger partial charge is 0.496 e. The lowest BCUT2D eigenvalue weighted by Crippen LogP contribution is -2.27. The number of rotatable bonds is 5. The van der Waals surface area contributed by atoms with Crippen molar-refractivity contribution in [3.05, 3.63) is 59.7 Å². The zero-order chi connectivity index (χ0) is 17.0. The van der Waals surface area contributed by atoms with Crippen LogP contribution in [0, 0.1) is 0 Å². The van der Waals surface area contributed by atoms with Gasteiger partial charge in [0, 0.05) is 0 Å². The van der Waals surface area contributed by atoms with Crippen molar-refractivity contribution >= 4 is 15.9 Å². The third-order valence-corrected chi connectivity index (χ3v) is 4.30. The Bertz CT molecular complexity index is 804. The van der Waals surface area contributed by atoms with Gasteiger partial charge < -0.3 is 10.1 Å². The molecule has 1 atom stereocenters. The van der Waals surface area contributed by atoms with Gasteiger partial charge in [0.15, 0.2) is 0 Å². The van der Waals surface area contributed by atoms with Gasteiger partial charge in [-0.05, 0) is 30.7 Å². The summed E-state index contributed by atoms with van der Waals surface area (Å²) in [5.41, 5.74) is 1.05. The van der Waals surface area contributed by atoms with E-state index < -0.39 is 15.9 Å². The van der Waals surface area contributed by atoms with E-state index in [4.69, 9.17) is 9.88 Å². The highest BCUT2D eigenvalue weighted by atomic mass is 32.2. The summed E-state index contributed by atoms with van der Waals surface area (Å²) in [6.45, 7) is 1.84. The molecule has 2 aromatic carbocycles. The number of nitrogens with two attached hydrogens (primary N) is 1. The van der Waals surface area contributed by atoms with Crippen LogP contribution in [0.5, 0.6) is 5.75 Å². The minimum Gasteiger partial charge on any atom is -0.496 e. The van der Waals surface area contributed by atoms with Crippen LogP contribution in [0.15, 0.2) is 53.4 Å². The molecule has 1 amide bonds. The predicted molar refractivity (Wildman–Crippen MR) is 86.7 cm³/mol. The van der Waals surface area contributed by atoms with E-state index in [-0.39, 0.29) is 22.3 Å². The van der Waals surface area contributed by atoms with Crippen molar-refractivity contribution < 1.29 is 17.9 Å². The maximum atomic E-state index is 12.5. The van der Waals surface area contributed by atoms with Crippen LogP contribution in [0.25, 0.3) is 0 Å². The summed E-state index contributed by atoms with van der Waals surface area (Å²) in [5, 5.41) is 7.92. The first-order valence-electron chi connectivity index (χ1n) is 6.89. The molecule has 0 heterocycles. The number of primary sulfonamides is 1. The van der Waals surface area contributed by atoms with E-state index in [9.17, 15) is 13.2 Å². The van der Waals surface area contributed by atoms with Crippen LogP contribution in [0.3, 0.4) is 0 Å². The fourth-order valence-electron chi connectivity index (χ4n) is 2.14. The zero-order valence-electron chi connectivity index (χ0n) is 12.8. The molecule has 2 aromatic rings. The van der Waals surface area contributed by atoms with Crippen LogP contribution in [0.4, 0.5) is 0 Å². The van der Waals surface area contributed by atoms with E-state index in [0.29, 0.717) is 0 Å². The summed E-state index contributed by atoms with van der Waals surface area (Å²) >= 11 is 0. The van der Waals surface area contributed by atoms with Crippen molar-refractivity contribution in [2.75, 3.05) is 7.11 Å². The first kappa shape index (κ1) is 17.0. The maximum absolute atomic E-state index is 12.5. The van der Waals surface area contributed by atoms with Gasteiger partial charge in [-0.1, -0.05) is 30.3 Å². The molecule has 0 aliphatic carbocycles. The molecular formula is C16H18N2O4S. The van der Waals surface area contributed by atoms with Crippen molar-refractivity contribution in [2.24, 2.45) is 5.14 Å². The molecule has 3 N–H and O–H groups in total. The number of ether oxygens (including phenoxy) is 1. The Morgan fingerprint density at radius 3 is 2.39 bits per heavy atom. The van der Waals surface area contributed by atoms with Crippen molar-refractivity contribution in [1.82, 2.24) is 5.32 Å². The molecule has 0 aliphatic heterocycles. The Morgan fingerprint density at radius 1 is 1.17 bits per heavy atom. The Kier molecular flexibility index (Phi) is 5.02. The molecule has 0 aromatic heterocycles. The molecule has 122 valence electrons. The van der Waals surface area contributed by atoms with Crippen molar-refractivity contribution in [3.63, 3.8) is 0 Å². The highest BCUT2D eigenvalue weighted by molar-refractivity contribution is 7.89. The summed E-state index contributed by atoms with van der Waals surface area (Å²) in [6.07, 6.45) is 0. The molecule has 6 nitrogen and oxygen atoms in total. The van der Waals surface area contributed by atoms with Crippen molar-refractivity contribution in [2.45, 2.75) is 17.9 Å². The smallest absolute Gasteiger partial charge is 0.255 e. The first-order chi connectivity index (χ1) is 10.8. The lowest BCUT2D eigenvalue weighted by atomic mass is 10.1. The minimum atomic E-state index is -3.90. The average Bonchev–Trinajstić information content (AvgIpc) is 2.54. The fraction of sp³-hybridized carbons (Fsp3) is 0.188. The van der Waals surface area contributed by atoms with Crippen LogP contribution >= 0.6 is 0 Å². The second kappa shape index (κ2) is 6.80. The van der Waals surface area contributed by atoms with Crippen LogP contribution in [0.2, 0.25) is 0 Å². The number of methoxy groups -OCH3 is 1. The van der Waals surface area contributed by atoms with Gasteiger partial charge in [0.05, 0.1) is 23.6 Å². The summed E-state index contributed by atoms with van der Waals surface area (Å²) in [7, 11) is -2.49. The molecule has 7 heteroatoms. The highest BCUT2D eigenvalue weighted by Crippen LogP contribution is 2.23. The second-order valence-electron chi connectivity index (χ2n) is 5.01. The minimum absolute atomic E-state index is 0.113. The number of amides is 1. The Balaban J connectivity index is 2.31. The van der Waals surface area contributed by atoms with Gasteiger partial charge in [-0.2, -0.15) is 0 Å². The molecule has 23 heavy (non-hydrogen) atoms. The Morgan fingerprint density at radius 2 is 1.83 bits per heavy atom. The predicted octanol–water partition coefficient (Wildman–Crippen LogP) is 1.83. The van der Waals surface area contributed by atoms with Gasteiger partial charge in [-0.3, -0.25) is 4.79 Å². The number of hydrogen-bond acceptors (Lipinski definition) is 4. The van der Waals surface area contributed by atoms with Gasteiger partial charge in [-0.25, -0.2) is 13.6 Å². The third kappa shape index (κ3) is 4.08. The molecule has 0 aliphatic rings. The van der Waals surface area contributed by atoms with Crippen molar-refractivity contribution in [1.29, 1.82) is 0 Å².